The number of hydrogen-bond acceptors (Lipinski definition) is 3. The van der Waals surface area contributed by atoms with Gasteiger partial charge in [-0.15, -0.1) is 11.3 Å². The number of hydrogen-bond donors (Lipinski definition) is 0. The molecule has 51 heavy (non-hydrogen) atoms. The van der Waals surface area contributed by atoms with E-state index in [1.807, 2.05) is 0 Å². The van der Waals surface area contributed by atoms with Crippen LogP contribution >= 0.6 is 11.3 Å². The van der Waals surface area contributed by atoms with Crippen molar-refractivity contribution in [2.24, 2.45) is 0 Å². The Hall–Kier alpha value is -6.56. The Morgan fingerprint density at radius 2 is 0.882 bits per heavy atom. The number of fused-ring (bicyclic) bond motifs is 9. The largest absolute Gasteiger partial charge is 0.309 e. The molecule has 0 saturated carbocycles. The molecule has 0 fully saturated rings. The van der Waals surface area contributed by atoms with Gasteiger partial charge >= 0.3 is 0 Å². The van der Waals surface area contributed by atoms with Gasteiger partial charge in [0.25, 0.3) is 0 Å². The van der Waals surface area contributed by atoms with Crippen LogP contribution in [0.1, 0.15) is 0 Å². The topological polar surface area (TPSA) is 35.6 Å². The van der Waals surface area contributed by atoms with Crippen LogP contribution in [0.2, 0.25) is 0 Å². The highest BCUT2D eigenvalue weighted by Crippen LogP contribution is 2.41. The Kier molecular flexibility index (Phi) is 6.09. The SMILES string of the molecule is c1cc(-c2ccc3sc4c(-c5cccc(-n6c7ccccc7c7ccccc76)c5)ncnc4c3c2)cc(-n2c3ccccc3c3ccccc32)c1. The summed E-state index contributed by atoms with van der Waals surface area (Å²) < 4.78 is 7.03. The molecule has 238 valence electrons. The first-order chi connectivity index (χ1) is 25.3. The average molecular weight is 669 g/mol. The number of aromatic nitrogens is 4. The van der Waals surface area contributed by atoms with Gasteiger partial charge in [-0.3, -0.25) is 0 Å². The highest BCUT2D eigenvalue weighted by molar-refractivity contribution is 7.26. The van der Waals surface area contributed by atoms with E-state index < -0.39 is 0 Å². The Morgan fingerprint density at radius 3 is 1.45 bits per heavy atom. The molecule has 11 rings (SSSR count). The van der Waals surface area contributed by atoms with Crippen molar-refractivity contribution in [3.63, 3.8) is 0 Å². The second-order valence-corrected chi connectivity index (χ2v) is 14.1. The molecule has 0 aliphatic carbocycles. The molecule has 0 unspecified atom stereocenters. The van der Waals surface area contributed by atoms with Crippen molar-refractivity contribution in [1.82, 2.24) is 19.1 Å². The van der Waals surface area contributed by atoms with E-state index in [0.29, 0.717) is 0 Å². The van der Waals surface area contributed by atoms with Crippen molar-refractivity contribution in [2.75, 3.05) is 0 Å². The second-order valence-electron chi connectivity index (χ2n) is 13.1. The van der Waals surface area contributed by atoms with E-state index in [0.717, 1.165) is 38.2 Å². The predicted octanol–water partition coefficient (Wildman–Crippen LogP) is 12.4. The third kappa shape index (κ3) is 4.25. The quantitative estimate of drug-likeness (QED) is 0.187. The van der Waals surface area contributed by atoms with Crippen molar-refractivity contribution in [3.05, 3.63) is 170 Å². The second kappa shape index (κ2) is 11.0. The van der Waals surface area contributed by atoms with E-state index in [4.69, 9.17) is 9.97 Å². The van der Waals surface area contributed by atoms with Crippen LogP contribution in [0.4, 0.5) is 0 Å². The molecule has 11 aromatic rings. The lowest BCUT2D eigenvalue weighted by Gasteiger charge is -2.10. The number of benzene rings is 7. The van der Waals surface area contributed by atoms with Crippen LogP contribution in [-0.4, -0.2) is 19.1 Å². The highest BCUT2D eigenvalue weighted by Gasteiger charge is 2.17. The maximum absolute atomic E-state index is 4.88. The van der Waals surface area contributed by atoms with E-state index in [2.05, 4.69) is 173 Å². The van der Waals surface area contributed by atoms with Crippen LogP contribution in [-0.2, 0) is 0 Å². The van der Waals surface area contributed by atoms with Gasteiger partial charge in [0.1, 0.15) is 6.33 Å². The van der Waals surface area contributed by atoms with Gasteiger partial charge in [0.05, 0.1) is 38.0 Å². The molecular weight excluding hydrogens is 641 g/mol. The minimum atomic E-state index is 0.957. The summed E-state index contributed by atoms with van der Waals surface area (Å²) in [6.45, 7) is 0. The van der Waals surface area contributed by atoms with Crippen molar-refractivity contribution in [3.8, 4) is 33.8 Å². The number of thiophene rings is 1. The first kappa shape index (κ1) is 28.3. The minimum Gasteiger partial charge on any atom is -0.309 e. The van der Waals surface area contributed by atoms with Crippen LogP contribution in [0.5, 0.6) is 0 Å². The van der Waals surface area contributed by atoms with Gasteiger partial charge in [-0.05, 0) is 71.8 Å². The highest BCUT2D eigenvalue weighted by atomic mass is 32.1. The van der Waals surface area contributed by atoms with Gasteiger partial charge in [-0.1, -0.05) is 103 Å². The monoisotopic (exact) mass is 668 g/mol. The lowest BCUT2D eigenvalue weighted by molar-refractivity contribution is 1.18. The summed E-state index contributed by atoms with van der Waals surface area (Å²) in [6, 6.07) is 59.0. The fraction of sp³-hybridized carbons (Fsp3) is 0. The molecular formula is C46H28N4S. The van der Waals surface area contributed by atoms with Crippen LogP contribution in [0, 0.1) is 0 Å². The van der Waals surface area contributed by atoms with Gasteiger partial charge < -0.3 is 9.13 Å². The van der Waals surface area contributed by atoms with E-state index in [9.17, 15) is 0 Å². The molecule has 4 nitrogen and oxygen atoms in total. The smallest absolute Gasteiger partial charge is 0.116 e. The van der Waals surface area contributed by atoms with E-state index in [-0.39, 0.29) is 0 Å². The predicted molar refractivity (Wildman–Crippen MR) is 214 cm³/mol. The van der Waals surface area contributed by atoms with Gasteiger partial charge in [0.2, 0.25) is 0 Å². The van der Waals surface area contributed by atoms with Gasteiger partial charge in [0.15, 0.2) is 0 Å². The fourth-order valence-electron chi connectivity index (χ4n) is 7.98. The fourth-order valence-corrected chi connectivity index (χ4v) is 9.13. The minimum absolute atomic E-state index is 0.957. The van der Waals surface area contributed by atoms with E-state index in [1.54, 1.807) is 17.7 Å². The molecule has 0 aliphatic rings. The van der Waals surface area contributed by atoms with E-state index in [1.165, 1.54) is 59.4 Å². The third-order valence-corrected chi connectivity index (χ3v) is 11.4. The first-order valence-electron chi connectivity index (χ1n) is 17.2. The van der Waals surface area contributed by atoms with Crippen molar-refractivity contribution in [1.29, 1.82) is 0 Å². The molecule has 0 aliphatic heterocycles. The van der Waals surface area contributed by atoms with Crippen molar-refractivity contribution >= 4 is 75.3 Å². The summed E-state index contributed by atoms with van der Waals surface area (Å²) in [5.41, 5.74) is 12.4. The number of para-hydroxylation sites is 4. The van der Waals surface area contributed by atoms with Crippen LogP contribution < -0.4 is 0 Å². The van der Waals surface area contributed by atoms with Gasteiger partial charge in [0, 0.05) is 48.6 Å². The van der Waals surface area contributed by atoms with Crippen molar-refractivity contribution in [2.45, 2.75) is 0 Å². The maximum atomic E-state index is 4.88. The van der Waals surface area contributed by atoms with Crippen LogP contribution in [0.25, 0.3) is 97.7 Å². The molecule has 0 saturated heterocycles. The average Bonchev–Trinajstić information content (AvgIpc) is 3.86. The third-order valence-electron chi connectivity index (χ3n) is 10.2. The molecule has 5 heteroatoms. The molecule has 0 amide bonds. The Balaban J connectivity index is 1.03. The van der Waals surface area contributed by atoms with Crippen molar-refractivity contribution < 1.29 is 0 Å². The molecule has 0 radical (unpaired) electrons. The number of nitrogens with zero attached hydrogens (tertiary/aromatic N) is 4. The zero-order valence-corrected chi connectivity index (χ0v) is 28.2. The summed E-state index contributed by atoms with van der Waals surface area (Å²) in [5.74, 6) is 0. The summed E-state index contributed by atoms with van der Waals surface area (Å²) in [7, 11) is 0. The Labute approximate surface area is 297 Å². The lowest BCUT2D eigenvalue weighted by Crippen LogP contribution is -1.95. The molecule has 0 N–H and O–H groups in total. The van der Waals surface area contributed by atoms with E-state index >= 15 is 0 Å². The summed E-state index contributed by atoms with van der Waals surface area (Å²) in [4.78, 5) is 9.74. The molecule has 0 spiro atoms. The van der Waals surface area contributed by atoms with Gasteiger partial charge in [-0.25, -0.2) is 9.97 Å². The molecule has 0 bridgehead atoms. The molecule has 7 aromatic carbocycles. The normalized spacial score (nSPS) is 11.9. The van der Waals surface area contributed by atoms with Crippen LogP contribution in [0.15, 0.2) is 170 Å². The number of rotatable bonds is 4. The van der Waals surface area contributed by atoms with Crippen LogP contribution in [0.3, 0.4) is 0 Å². The maximum Gasteiger partial charge on any atom is 0.116 e. The zero-order chi connectivity index (χ0) is 33.5. The summed E-state index contributed by atoms with van der Waals surface area (Å²) in [5, 5.41) is 6.19. The molecule has 0 atom stereocenters. The lowest BCUT2D eigenvalue weighted by atomic mass is 10.0. The standard InChI is InChI=1S/C46H28N4S/c1-5-19-39-34(15-1)35-16-2-6-20-40(35)49(39)32-13-9-11-29(25-32)30-23-24-43-38(27-30)45-46(51-43)44(47-28-48-45)31-12-10-14-33(26-31)50-41-21-7-3-17-36(41)37-18-4-8-22-42(37)50/h1-28H. The first-order valence-corrected chi connectivity index (χ1v) is 18.0. The summed E-state index contributed by atoms with van der Waals surface area (Å²) >= 11 is 1.76. The summed E-state index contributed by atoms with van der Waals surface area (Å²) in [6.07, 6.45) is 1.71. The molecule has 4 heterocycles. The van der Waals surface area contributed by atoms with Gasteiger partial charge in [-0.2, -0.15) is 0 Å². The zero-order valence-electron chi connectivity index (χ0n) is 27.4. The molecule has 4 aromatic heterocycles. The Morgan fingerprint density at radius 1 is 0.392 bits per heavy atom. The Bertz CT molecular complexity index is 3060.